The molecule has 0 heterocycles. The van der Waals surface area contributed by atoms with Crippen LogP contribution in [-0.2, 0) is 5.41 Å². The normalized spacial score (nSPS) is 27.8. The van der Waals surface area contributed by atoms with Crippen LogP contribution < -0.4 is 5.73 Å². The molecule has 1 aliphatic rings. The van der Waals surface area contributed by atoms with Crippen molar-refractivity contribution >= 4 is 15.9 Å². The Bertz CT molecular complexity index is 387. The number of alkyl halides is 2. The van der Waals surface area contributed by atoms with Gasteiger partial charge < -0.3 is 5.73 Å². The Morgan fingerprint density at radius 2 is 2.00 bits per heavy atom. The lowest BCUT2D eigenvalue weighted by atomic mass is 9.95. The highest BCUT2D eigenvalue weighted by Gasteiger charge is 2.72. The van der Waals surface area contributed by atoms with Crippen LogP contribution in [0.5, 0.6) is 0 Å². The molecule has 0 aliphatic heterocycles. The molecule has 1 nitrogen and oxygen atoms in total. The van der Waals surface area contributed by atoms with Crippen LogP contribution >= 0.6 is 15.9 Å². The molecule has 1 aliphatic carbocycles. The van der Waals surface area contributed by atoms with E-state index < -0.39 is 17.2 Å². The van der Waals surface area contributed by atoms with E-state index in [1.807, 2.05) is 0 Å². The molecule has 0 amide bonds. The van der Waals surface area contributed by atoms with Gasteiger partial charge in [-0.1, -0.05) is 22.0 Å². The van der Waals surface area contributed by atoms with Gasteiger partial charge >= 0.3 is 0 Å². The first-order chi connectivity index (χ1) is 6.94. The van der Waals surface area contributed by atoms with Gasteiger partial charge in [-0.2, -0.15) is 0 Å². The predicted molar refractivity (Wildman–Crippen MR) is 54.4 cm³/mol. The van der Waals surface area contributed by atoms with Crippen molar-refractivity contribution in [1.29, 1.82) is 0 Å². The van der Waals surface area contributed by atoms with Gasteiger partial charge in [0.25, 0.3) is 5.92 Å². The summed E-state index contributed by atoms with van der Waals surface area (Å²) >= 11 is 3.09. The van der Waals surface area contributed by atoms with Gasteiger partial charge in [0.1, 0.15) is 5.82 Å². The molecule has 0 spiro atoms. The maximum atomic E-state index is 13.5. The summed E-state index contributed by atoms with van der Waals surface area (Å²) in [6.45, 7) is -0.250. The van der Waals surface area contributed by atoms with Crippen LogP contribution in [-0.4, -0.2) is 12.5 Å². The van der Waals surface area contributed by atoms with E-state index in [0.29, 0.717) is 4.47 Å². The molecule has 1 fully saturated rings. The Morgan fingerprint density at radius 1 is 1.40 bits per heavy atom. The number of nitrogens with two attached hydrogens (primary N) is 1. The van der Waals surface area contributed by atoms with Crippen molar-refractivity contribution in [3.63, 3.8) is 0 Å². The van der Waals surface area contributed by atoms with Gasteiger partial charge in [-0.3, -0.25) is 0 Å². The lowest BCUT2D eigenvalue weighted by Gasteiger charge is -2.16. The smallest absolute Gasteiger partial charge is 0.260 e. The van der Waals surface area contributed by atoms with E-state index in [4.69, 9.17) is 5.73 Å². The van der Waals surface area contributed by atoms with E-state index >= 15 is 0 Å². The fourth-order valence-corrected chi connectivity index (χ4v) is 2.61. The molecule has 0 saturated heterocycles. The second-order valence-corrected chi connectivity index (χ2v) is 4.62. The first-order valence-corrected chi connectivity index (χ1v) is 5.26. The molecule has 0 bridgehead atoms. The second-order valence-electron chi connectivity index (χ2n) is 3.76. The van der Waals surface area contributed by atoms with Crippen molar-refractivity contribution in [3.8, 4) is 0 Å². The topological polar surface area (TPSA) is 26.0 Å². The van der Waals surface area contributed by atoms with Crippen molar-refractivity contribution in [1.82, 2.24) is 0 Å². The largest absolute Gasteiger partial charge is 0.329 e. The average Bonchev–Trinajstić information content (AvgIpc) is 2.69. The molecule has 1 atom stereocenters. The lowest BCUT2D eigenvalue weighted by Crippen LogP contribution is -2.28. The number of hydrogen-bond donors (Lipinski definition) is 1. The van der Waals surface area contributed by atoms with Crippen LogP contribution in [0.3, 0.4) is 0 Å². The van der Waals surface area contributed by atoms with Gasteiger partial charge in [0.2, 0.25) is 0 Å². The van der Waals surface area contributed by atoms with E-state index in [1.165, 1.54) is 12.1 Å². The molecule has 1 unspecified atom stereocenters. The first kappa shape index (κ1) is 11.0. The van der Waals surface area contributed by atoms with Crippen molar-refractivity contribution in [3.05, 3.63) is 34.1 Å². The van der Waals surface area contributed by atoms with Crippen LogP contribution in [0.2, 0.25) is 0 Å². The molecule has 2 N–H and O–H groups in total. The Balaban J connectivity index is 2.55. The van der Waals surface area contributed by atoms with Crippen molar-refractivity contribution < 1.29 is 13.2 Å². The van der Waals surface area contributed by atoms with Gasteiger partial charge in [0.15, 0.2) is 0 Å². The summed E-state index contributed by atoms with van der Waals surface area (Å²) in [5.41, 5.74) is 3.83. The van der Waals surface area contributed by atoms with E-state index in [2.05, 4.69) is 15.9 Å². The third kappa shape index (κ3) is 1.40. The van der Waals surface area contributed by atoms with Gasteiger partial charge in [-0.05, 0) is 12.1 Å². The molecule has 15 heavy (non-hydrogen) atoms. The molecule has 82 valence electrons. The van der Waals surface area contributed by atoms with Crippen molar-refractivity contribution in [2.75, 3.05) is 6.54 Å². The van der Waals surface area contributed by atoms with Crippen molar-refractivity contribution in [2.45, 2.75) is 17.8 Å². The highest BCUT2D eigenvalue weighted by Crippen LogP contribution is 2.62. The Kier molecular flexibility index (Phi) is 2.35. The quantitative estimate of drug-likeness (QED) is 0.885. The van der Waals surface area contributed by atoms with Gasteiger partial charge in [0.05, 0.1) is 5.41 Å². The lowest BCUT2D eigenvalue weighted by molar-refractivity contribution is 0.0885. The zero-order valence-electron chi connectivity index (χ0n) is 7.74. The van der Waals surface area contributed by atoms with E-state index in [-0.39, 0.29) is 18.5 Å². The van der Waals surface area contributed by atoms with E-state index in [0.717, 1.165) is 0 Å². The highest BCUT2D eigenvalue weighted by molar-refractivity contribution is 9.10. The van der Waals surface area contributed by atoms with Crippen molar-refractivity contribution in [2.24, 2.45) is 5.73 Å². The van der Waals surface area contributed by atoms with Gasteiger partial charge in [-0.25, -0.2) is 13.2 Å². The van der Waals surface area contributed by atoms with Crippen LogP contribution in [0.15, 0.2) is 22.7 Å². The molecule has 5 heteroatoms. The number of halogens is 4. The molecule has 0 aromatic heterocycles. The van der Waals surface area contributed by atoms with Crippen LogP contribution in [0.1, 0.15) is 12.0 Å². The average molecular weight is 280 g/mol. The maximum Gasteiger partial charge on any atom is 0.260 e. The second kappa shape index (κ2) is 3.22. The van der Waals surface area contributed by atoms with Crippen LogP contribution in [0, 0.1) is 5.82 Å². The summed E-state index contributed by atoms with van der Waals surface area (Å²) in [7, 11) is 0. The molecular weight excluding hydrogens is 271 g/mol. The SMILES string of the molecule is NCC1(c2c(F)cccc2Br)CC1(F)F. The summed E-state index contributed by atoms with van der Waals surface area (Å²) in [6.07, 6.45) is -0.379. The fourth-order valence-electron chi connectivity index (χ4n) is 1.88. The van der Waals surface area contributed by atoms with Gasteiger partial charge in [-0.15, -0.1) is 0 Å². The fraction of sp³-hybridized carbons (Fsp3) is 0.400. The molecule has 2 rings (SSSR count). The Hall–Kier alpha value is -0.550. The zero-order valence-corrected chi connectivity index (χ0v) is 9.32. The highest BCUT2D eigenvalue weighted by atomic mass is 79.9. The van der Waals surface area contributed by atoms with Crippen LogP contribution in [0.25, 0.3) is 0 Å². The molecule has 1 aromatic carbocycles. The summed E-state index contributed by atoms with van der Waals surface area (Å²) in [4.78, 5) is 0. The standard InChI is InChI=1S/C10H9BrF3N/c11-6-2-1-3-7(12)8(6)9(5-15)4-10(9,13)14/h1-3H,4-5,15H2. The summed E-state index contributed by atoms with van der Waals surface area (Å²) in [6, 6.07) is 4.18. The monoisotopic (exact) mass is 279 g/mol. The van der Waals surface area contributed by atoms with Crippen LogP contribution in [0.4, 0.5) is 13.2 Å². The first-order valence-electron chi connectivity index (χ1n) is 4.47. The Labute approximate surface area is 93.6 Å². The minimum atomic E-state index is -2.90. The minimum absolute atomic E-state index is 0.00231. The third-order valence-corrected chi connectivity index (χ3v) is 3.55. The Morgan fingerprint density at radius 3 is 2.40 bits per heavy atom. The third-order valence-electron chi connectivity index (χ3n) is 2.89. The number of hydrogen-bond acceptors (Lipinski definition) is 1. The maximum absolute atomic E-state index is 13.5. The molecular formula is C10H9BrF3N. The summed E-state index contributed by atoms with van der Waals surface area (Å²) < 4.78 is 40.3. The van der Waals surface area contributed by atoms with E-state index in [1.54, 1.807) is 6.07 Å². The minimum Gasteiger partial charge on any atom is -0.329 e. The number of benzene rings is 1. The molecule has 0 radical (unpaired) electrons. The summed E-state index contributed by atoms with van der Waals surface area (Å²) in [5, 5.41) is 0. The zero-order chi connectivity index (χ0) is 11.3. The number of rotatable bonds is 2. The van der Waals surface area contributed by atoms with E-state index in [9.17, 15) is 13.2 Å². The summed E-state index contributed by atoms with van der Waals surface area (Å²) in [5.74, 6) is -3.53. The molecule has 1 aromatic rings. The molecule has 1 saturated carbocycles. The predicted octanol–water partition coefficient (Wildman–Crippen LogP) is 2.82. The van der Waals surface area contributed by atoms with Gasteiger partial charge in [0, 0.05) is 23.0 Å².